The van der Waals surface area contributed by atoms with Crippen molar-refractivity contribution < 1.29 is 24.2 Å². The van der Waals surface area contributed by atoms with E-state index in [4.69, 9.17) is 9.47 Å². The number of carboxylic acids is 1. The molecule has 126 valence electrons. The Hall–Kier alpha value is -2.08. The Morgan fingerprint density at radius 3 is 2.87 bits per heavy atom. The van der Waals surface area contributed by atoms with Gasteiger partial charge in [-0.25, -0.2) is 4.79 Å². The summed E-state index contributed by atoms with van der Waals surface area (Å²) in [5.74, 6) is -0.481. The summed E-state index contributed by atoms with van der Waals surface area (Å²) in [5, 5.41) is 9.26. The minimum absolute atomic E-state index is 0.264. The number of ether oxygens (including phenoxy) is 2. The molecule has 0 radical (unpaired) electrons. The molecule has 1 heterocycles. The summed E-state index contributed by atoms with van der Waals surface area (Å²) in [4.78, 5) is 25.2. The van der Waals surface area contributed by atoms with Crippen molar-refractivity contribution in [3.05, 3.63) is 29.8 Å². The lowest BCUT2D eigenvalue weighted by atomic mass is 10.0. The predicted molar refractivity (Wildman–Crippen MR) is 84.2 cm³/mol. The Bertz CT molecular complexity index is 560. The van der Waals surface area contributed by atoms with Crippen LogP contribution in [-0.2, 0) is 20.9 Å². The Labute approximate surface area is 136 Å². The van der Waals surface area contributed by atoms with Gasteiger partial charge in [-0.3, -0.25) is 4.79 Å². The fraction of sp³-hybridized carbons (Fsp3) is 0.529. The van der Waals surface area contributed by atoms with Gasteiger partial charge in [-0.15, -0.1) is 0 Å². The van der Waals surface area contributed by atoms with Crippen LogP contribution in [0.1, 0.15) is 31.7 Å². The van der Waals surface area contributed by atoms with Crippen LogP contribution in [0.5, 0.6) is 5.75 Å². The molecule has 1 saturated heterocycles. The molecule has 1 amide bonds. The summed E-state index contributed by atoms with van der Waals surface area (Å²) in [5.41, 5.74) is 0.900. The van der Waals surface area contributed by atoms with Crippen molar-refractivity contribution >= 4 is 11.9 Å². The number of methoxy groups -OCH3 is 1. The molecule has 0 spiro atoms. The number of nitrogens with zero attached hydrogens (tertiary/aromatic N) is 1. The molecule has 6 nitrogen and oxygen atoms in total. The van der Waals surface area contributed by atoms with Crippen LogP contribution in [0.25, 0.3) is 0 Å². The van der Waals surface area contributed by atoms with E-state index in [9.17, 15) is 14.7 Å². The molecule has 1 aliphatic heterocycles. The largest absolute Gasteiger partial charge is 0.497 e. The zero-order valence-corrected chi connectivity index (χ0v) is 13.5. The number of amides is 1. The van der Waals surface area contributed by atoms with Crippen LogP contribution in [0, 0.1) is 0 Å². The Morgan fingerprint density at radius 1 is 1.39 bits per heavy atom. The molecular formula is C17H23NO5. The molecule has 0 saturated carbocycles. The molecule has 1 aromatic rings. The molecule has 0 unspecified atom stereocenters. The number of hydrogen-bond acceptors (Lipinski definition) is 4. The number of benzene rings is 1. The molecule has 0 aliphatic carbocycles. The van der Waals surface area contributed by atoms with Crippen LogP contribution in [0.2, 0.25) is 0 Å². The number of hydrogen-bond donors (Lipinski definition) is 1. The number of carboxylic acid groups (broad SMARTS) is 1. The van der Waals surface area contributed by atoms with E-state index < -0.39 is 18.1 Å². The highest BCUT2D eigenvalue weighted by Gasteiger charge is 2.34. The van der Waals surface area contributed by atoms with Crippen LogP contribution in [0.15, 0.2) is 24.3 Å². The topological polar surface area (TPSA) is 76.1 Å². The van der Waals surface area contributed by atoms with Gasteiger partial charge in [-0.05, 0) is 43.9 Å². The van der Waals surface area contributed by atoms with E-state index in [1.165, 1.54) is 4.90 Å². The second kappa shape index (κ2) is 7.97. The van der Waals surface area contributed by atoms with E-state index in [1.54, 1.807) is 14.0 Å². The number of carbonyl (C=O) groups is 2. The highest BCUT2D eigenvalue weighted by molar-refractivity contribution is 5.86. The third-order valence-corrected chi connectivity index (χ3v) is 4.05. The van der Waals surface area contributed by atoms with Gasteiger partial charge in [0.15, 0.2) is 0 Å². The normalized spacial score (nSPS) is 19.2. The number of rotatable bonds is 6. The molecule has 0 aromatic heterocycles. The maximum atomic E-state index is 12.5. The van der Waals surface area contributed by atoms with Crippen LogP contribution < -0.4 is 4.74 Å². The summed E-state index contributed by atoms with van der Waals surface area (Å²) in [6, 6.07) is 6.69. The molecule has 1 aromatic carbocycles. The molecule has 0 bridgehead atoms. The first-order valence-corrected chi connectivity index (χ1v) is 7.80. The van der Waals surface area contributed by atoms with Gasteiger partial charge in [0, 0.05) is 6.54 Å². The minimum atomic E-state index is -0.946. The second-order valence-corrected chi connectivity index (χ2v) is 5.69. The molecule has 2 atom stereocenters. The first-order valence-electron chi connectivity index (χ1n) is 7.80. The zero-order valence-electron chi connectivity index (χ0n) is 13.5. The fourth-order valence-corrected chi connectivity index (χ4v) is 2.74. The summed E-state index contributed by atoms with van der Waals surface area (Å²) in [7, 11) is 1.59. The summed E-state index contributed by atoms with van der Waals surface area (Å²) in [6.45, 7) is 2.41. The number of carbonyl (C=O) groups excluding carboxylic acids is 1. The van der Waals surface area contributed by atoms with E-state index in [-0.39, 0.29) is 12.5 Å². The zero-order chi connectivity index (χ0) is 16.8. The van der Waals surface area contributed by atoms with Crippen molar-refractivity contribution in [2.24, 2.45) is 0 Å². The van der Waals surface area contributed by atoms with Gasteiger partial charge >= 0.3 is 5.97 Å². The maximum absolute atomic E-state index is 12.5. The third-order valence-electron chi connectivity index (χ3n) is 4.05. The van der Waals surface area contributed by atoms with Gasteiger partial charge in [-0.1, -0.05) is 12.1 Å². The third kappa shape index (κ3) is 4.45. The number of likely N-dealkylation sites (tertiary alicyclic amines) is 1. The lowest BCUT2D eigenvalue weighted by molar-refractivity contribution is -0.157. The van der Waals surface area contributed by atoms with Crippen LogP contribution in [-0.4, -0.2) is 47.7 Å². The van der Waals surface area contributed by atoms with E-state index in [1.807, 2.05) is 24.3 Å². The van der Waals surface area contributed by atoms with Crippen molar-refractivity contribution in [3.63, 3.8) is 0 Å². The van der Waals surface area contributed by atoms with Gasteiger partial charge in [0.05, 0.1) is 13.7 Å². The van der Waals surface area contributed by atoms with Crippen LogP contribution in [0.3, 0.4) is 0 Å². The quantitative estimate of drug-likeness (QED) is 0.868. The second-order valence-electron chi connectivity index (χ2n) is 5.69. The average Bonchev–Trinajstić information content (AvgIpc) is 2.59. The molecule has 23 heavy (non-hydrogen) atoms. The standard InChI is InChI=1S/C17H23NO5/c1-12(23-11-13-6-5-7-14(10-13)22-2)16(19)18-9-4-3-8-15(18)17(20)21/h5-7,10,12,15H,3-4,8-9,11H2,1-2H3,(H,20,21)/t12-,15-/m1/s1. The summed E-state index contributed by atoms with van der Waals surface area (Å²) < 4.78 is 10.8. The number of aliphatic carboxylic acids is 1. The first-order chi connectivity index (χ1) is 11.0. The number of piperidine rings is 1. The molecule has 1 N–H and O–H groups in total. The molecule has 6 heteroatoms. The smallest absolute Gasteiger partial charge is 0.326 e. The Balaban J connectivity index is 1.94. The van der Waals surface area contributed by atoms with Gasteiger partial charge in [0.1, 0.15) is 17.9 Å². The van der Waals surface area contributed by atoms with Gasteiger partial charge in [-0.2, -0.15) is 0 Å². The van der Waals surface area contributed by atoms with E-state index in [2.05, 4.69) is 0 Å². The molecule has 2 rings (SSSR count). The maximum Gasteiger partial charge on any atom is 0.326 e. The van der Waals surface area contributed by atoms with Crippen molar-refractivity contribution in [3.8, 4) is 5.75 Å². The van der Waals surface area contributed by atoms with Gasteiger partial charge in [0.2, 0.25) is 0 Å². The Kier molecular flexibility index (Phi) is 5.98. The highest BCUT2D eigenvalue weighted by Crippen LogP contribution is 2.20. The van der Waals surface area contributed by atoms with Crippen molar-refractivity contribution in [2.75, 3.05) is 13.7 Å². The van der Waals surface area contributed by atoms with Gasteiger partial charge in [0.25, 0.3) is 5.91 Å². The van der Waals surface area contributed by atoms with E-state index in [0.717, 1.165) is 24.2 Å². The van der Waals surface area contributed by atoms with Crippen LogP contribution >= 0.6 is 0 Å². The van der Waals surface area contributed by atoms with Crippen molar-refractivity contribution in [1.29, 1.82) is 0 Å². The lowest BCUT2D eigenvalue weighted by Gasteiger charge is -2.34. The van der Waals surface area contributed by atoms with E-state index in [0.29, 0.717) is 13.0 Å². The molecular weight excluding hydrogens is 298 g/mol. The van der Waals surface area contributed by atoms with E-state index >= 15 is 0 Å². The summed E-state index contributed by atoms with van der Waals surface area (Å²) >= 11 is 0. The SMILES string of the molecule is COc1cccc(CO[C@H](C)C(=O)N2CCCC[C@@H]2C(=O)O)c1. The lowest BCUT2D eigenvalue weighted by Crippen LogP contribution is -2.51. The molecule has 1 aliphatic rings. The average molecular weight is 321 g/mol. The molecule has 1 fully saturated rings. The van der Waals surface area contributed by atoms with Crippen molar-refractivity contribution in [2.45, 2.75) is 44.9 Å². The highest BCUT2D eigenvalue weighted by atomic mass is 16.5. The predicted octanol–water partition coefficient (Wildman–Crippen LogP) is 2.07. The Morgan fingerprint density at radius 2 is 2.17 bits per heavy atom. The van der Waals surface area contributed by atoms with Gasteiger partial charge < -0.3 is 19.5 Å². The summed E-state index contributed by atoms with van der Waals surface area (Å²) in [6.07, 6.45) is 1.49. The minimum Gasteiger partial charge on any atom is -0.497 e. The van der Waals surface area contributed by atoms with Crippen molar-refractivity contribution in [1.82, 2.24) is 4.90 Å². The fourth-order valence-electron chi connectivity index (χ4n) is 2.74. The monoisotopic (exact) mass is 321 g/mol. The van der Waals surface area contributed by atoms with Crippen LogP contribution in [0.4, 0.5) is 0 Å². The first kappa shape index (κ1) is 17.3.